The second-order valence-corrected chi connectivity index (χ2v) is 3.60. The molecule has 14 heavy (non-hydrogen) atoms. The highest BCUT2D eigenvalue weighted by Gasteiger charge is 2.27. The molecule has 0 aliphatic heterocycles. The van der Waals surface area contributed by atoms with Gasteiger partial charge in [0, 0.05) is 18.4 Å². The molecule has 0 heterocycles. The van der Waals surface area contributed by atoms with Gasteiger partial charge in [0.2, 0.25) is 0 Å². The molecule has 1 nitrogen and oxygen atoms in total. The highest BCUT2D eigenvalue weighted by atomic mass is 35.5. The lowest BCUT2D eigenvalue weighted by molar-refractivity contribution is -0.174. The zero-order chi connectivity index (χ0) is 11.0. The van der Waals surface area contributed by atoms with Gasteiger partial charge in [0.25, 0.3) is 0 Å². The minimum absolute atomic E-state index is 0.101. The van der Waals surface area contributed by atoms with Crippen molar-refractivity contribution in [2.45, 2.75) is 19.0 Å². The first-order valence-electron chi connectivity index (χ1n) is 4.26. The molecule has 0 aromatic heterocycles. The first kappa shape index (κ1) is 14.3. The summed E-state index contributed by atoms with van der Waals surface area (Å²) < 4.78 is 39.2. The molecule has 0 aliphatic carbocycles. The van der Waals surface area contributed by atoms with Gasteiger partial charge in [-0.05, 0) is 18.8 Å². The minimum atomic E-state index is -4.24. The monoisotopic (exact) mass is 252 g/mol. The number of rotatable bonds is 7. The molecule has 0 spiro atoms. The van der Waals surface area contributed by atoms with Crippen LogP contribution in [0.5, 0.6) is 0 Å². The standard InChI is InChI=1S/C8H13Cl2F3O/c9-4-7(5-10)2-1-3-14-6-8(11,12)13/h7H,1-6H2. The Labute approximate surface area is 91.5 Å². The van der Waals surface area contributed by atoms with E-state index >= 15 is 0 Å². The van der Waals surface area contributed by atoms with Gasteiger partial charge in [0.05, 0.1) is 0 Å². The molecule has 0 saturated carbocycles. The van der Waals surface area contributed by atoms with E-state index in [1.165, 1.54) is 0 Å². The molecule has 0 aromatic rings. The highest BCUT2D eigenvalue weighted by molar-refractivity contribution is 6.20. The summed E-state index contributed by atoms with van der Waals surface area (Å²) in [7, 11) is 0. The summed E-state index contributed by atoms with van der Waals surface area (Å²) in [6.45, 7) is -1.08. The predicted molar refractivity (Wildman–Crippen MR) is 51.0 cm³/mol. The van der Waals surface area contributed by atoms with Crippen LogP contribution in [0, 0.1) is 5.92 Å². The highest BCUT2D eigenvalue weighted by Crippen LogP contribution is 2.15. The van der Waals surface area contributed by atoms with Crippen molar-refractivity contribution in [3.8, 4) is 0 Å². The maximum atomic E-state index is 11.6. The van der Waals surface area contributed by atoms with E-state index in [1.807, 2.05) is 0 Å². The van der Waals surface area contributed by atoms with Gasteiger partial charge < -0.3 is 4.74 Å². The van der Waals surface area contributed by atoms with Gasteiger partial charge in [-0.15, -0.1) is 23.2 Å². The third kappa shape index (κ3) is 8.91. The Balaban J connectivity index is 3.29. The summed E-state index contributed by atoms with van der Waals surface area (Å²) >= 11 is 11.1. The first-order valence-corrected chi connectivity index (χ1v) is 5.33. The summed E-state index contributed by atoms with van der Waals surface area (Å²) in [6, 6.07) is 0. The van der Waals surface area contributed by atoms with Crippen LogP contribution in [0.1, 0.15) is 12.8 Å². The van der Waals surface area contributed by atoms with Crippen molar-refractivity contribution < 1.29 is 17.9 Å². The van der Waals surface area contributed by atoms with E-state index < -0.39 is 12.8 Å². The van der Waals surface area contributed by atoms with Gasteiger partial charge in [0.15, 0.2) is 0 Å². The minimum Gasteiger partial charge on any atom is -0.372 e. The second kappa shape index (κ2) is 7.60. The molecule has 0 fully saturated rings. The van der Waals surface area contributed by atoms with Crippen LogP contribution in [0.3, 0.4) is 0 Å². The van der Waals surface area contributed by atoms with E-state index in [1.54, 1.807) is 0 Å². The first-order chi connectivity index (χ1) is 6.49. The number of ether oxygens (including phenoxy) is 1. The molecule has 0 N–H and O–H groups in total. The number of hydrogen-bond acceptors (Lipinski definition) is 1. The number of alkyl halides is 5. The van der Waals surface area contributed by atoms with Gasteiger partial charge >= 0.3 is 6.18 Å². The average Bonchev–Trinajstić information content (AvgIpc) is 2.09. The SMILES string of the molecule is FC(F)(F)COCCCC(CCl)CCl. The van der Waals surface area contributed by atoms with Gasteiger partial charge in [-0.1, -0.05) is 0 Å². The molecule has 0 rings (SSSR count). The Morgan fingerprint density at radius 1 is 1.14 bits per heavy atom. The summed E-state index contributed by atoms with van der Waals surface area (Å²) in [6.07, 6.45) is -2.98. The Morgan fingerprint density at radius 3 is 2.14 bits per heavy atom. The van der Waals surface area contributed by atoms with Crippen molar-refractivity contribution in [1.29, 1.82) is 0 Å². The van der Waals surface area contributed by atoms with E-state index in [2.05, 4.69) is 4.74 Å². The fourth-order valence-corrected chi connectivity index (χ4v) is 1.50. The lowest BCUT2D eigenvalue weighted by Crippen LogP contribution is -2.17. The van der Waals surface area contributed by atoms with Crippen LogP contribution in [0.25, 0.3) is 0 Å². The lowest BCUT2D eigenvalue weighted by Gasteiger charge is -2.10. The largest absolute Gasteiger partial charge is 0.411 e. The maximum absolute atomic E-state index is 11.6. The van der Waals surface area contributed by atoms with Crippen LogP contribution >= 0.6 is 23.2 Å². The van der Waals surface area contributed by atoms with E-state index in [-0.39, 0.29) is 12.5 Å². The van der Waals surface area contributed by atoms with Gasteiger partial charge in [0.1, 0.15) is 6.61 Å². The molecular weight excluding hydrogens is 240 g/mol. The van der Waals surface area contributed by atoms with Gasteiger partial charge in [-0.2, -0.15) is 13.2 Å². The molecule has 0 atom stereocenters. The Hall–Kier alpha value is 0.330. The summed E-state index contributed by atoms with van der Waals surface area (Å²) in [5.41, 5.74) is 0. The van der Waals surface area contributed by atoms with Crippen LogP contribution < -0.4 is 0 Å². The fraction of sp³-hybridized carbons (Fsp3) is 1.00. The molecule has 86 valence electrons. The Kier molecular flexibility index (Phi) is 7.78. The topological polar surface area (TPSA) is 9.23 Å². The number of halogens is 5. The molecule has 0 radical (unpaired) electrons. The van der Waals surface area contributed by atoms with E-state index in [0.717, 1.165) is 0 Å². The Bertz CT molecular complexity index is 137. The molecular formula is C8H13Cl2F3O. The summed E-state index contributed by atoms with van der Waals surface area (Å²) in [4.78, 5) is 0. The summed E-state index contributed by atoms with van der Waals surface area (Å²) in [5, 5.41) is 0. The quantitative estimate of drug-likeness (QED) is 0.498. The molecule has 6 heteroatoms. The normalized spacial score (nSPS) is 12.4. The lowest BCUT2D eigenvalue weighted by atomic mass is 10.1. The van der Waals surface area contributed by atoms with Crippen molar-refractivity contribution in [1.82, 2.24) is 0 Å². The molecule has 0 unspecified atom stereocenters. The van der Waals surface area contributed by atoms with Crippen molar-refractivity contribution in [2.75, 3.05) is 25.0 Å². The van der Waals surface area contributed by atoms with Crippen LogP contribution in [-0.2, 0) is 4.74 Å². The van der Waals surface area contributed by atoms with Crippen LogP contribution in [-0.4, -0.2) is 31.2 Å². The van der Waals surface area contributed by atoms with Gasteiger partial charge in [-0.25, -0.2) is 0 Å². The average molecular weight is 253 g/mol. The van der Waals surface area contributed by atoms with Crippen LogP contribution in [0.15, 0.2) is 0 Å². The number of hydrogen-bond donors (Lipinski definition) is 0. The maximum Gasteiger partial charge on any atom is 0.411 e. The van der Waals surface area contributed by atoms with E-state index in [9.17, 15) is 13.2 Å². The van der Waals surface area contributed by atoms with Gasteiger partial charge in [-0.3, -0.25) is 0 Å². The molecule has 0 saturated heterocycles. The van der Waals surface area contributed by atoms with Crippen LogP contribution in [0.4, 0.5) is 13.2 Å². The fourth-order valence-electron chi connectivity index (χ4n) is 0.858. The van der Waals surface area contributed by atoms with E-state index in [4.69, 9.17) is 23.2 Å². The summed E-state index contributed by atoms with van der Waals surface area (Å²) in [5.74, 6) is 1.03. The van der Waals surface area contributed by atoms with E-state index in [0.29, 0.717) is 24.6 Å². The molecule has 0 bridgehead atoms. The molecule has 0 aliphatic rings. The van der Waals surface area contributed by atoms with Crippen LogP contribution in [0.2, 0.25) is 0 Å². The zero-order valence-electron chi connectivity index (χ0n) is 7.62. The van der Waals surface area contributed by atoms with Crippen molar-refractivity contribution in [2.24, 2.45) is 5.92 Å². The van der Waals surface area contributed by atoms with Crippen molar-refractivity contribution in [3.05, 3.63) is 0 Å². The smallest absolute Gasteiger partial charge is 0.372 e. The molecule has 0 aromatic carbocycles. The van der Waals surface area contributed by atoms with Crippen molar-refractivity contribution in [3.63, 3.8) is 0 Å². The molecule has 0 amide bonds. The second-order valence-electron chi connectivity index (χ2n) is 2.98. The van der Waals surface area contributed by atoms with Crippen molar-refractivity contribution >= 4 is 23.2 Å². The zero-order valence-corrected chi connectivity index (χ0v) is 9.13. The third-order valence-electron chi connectivity index (χ3n) is 1.60. The Morgan fingerprint density at radius 2 is 1.71 bits per heavy atom. The third-order valence-corrected chi connectivity index (χ3v) is 2.48. The predicted octanol–water partition coefficient (Wildman–Crippen LogP) is 3.44.